The summed E-state index contributed by atoms with van der Waals surface area (Å²) in [6, 6.07) is 14.5. The Morgan fingerprint density at radius 1 is 1.14 bits per heavy atom. The van der Waals surface area contributed by atoms with Gasteiger partial charge in [-0.25, -0.2) is 0 Å². The molecule has 0 atom stereocenters. The number of hydrogen-bond donors (Lipinski definition) is 2. The van der Waals surface area contributed by atoms with E-state index in [1.807, 2.05) is 30.0 Å². The van der Waals surface area contributed by atoms with Crippen molar-refractivity contribution in [2.75, 3.05) is 39.3 Å². The van der Waals surface area contributed by atoms with E-state index in [1.165, 1.54) is 21.6 Å². The second-order valence-corrected chi connectivity index (χ2v) is 8.12. The number of rotatable bonds is 7. The molecule has 1 aliphatic heterocycles. The summed E-state index contributed by atoms with van der Waals surface area (Å²) in [6.07, 6.45) is 0. The number of thioether (sulfide) groups is 1. The van der Waals surface area contributed by atoms with Crippen molar-refractivity contribution in [3.05, 3.63) is 64.7 Å². The molecule has 4 nitrogen and oxygen atoms in total. The van der Waals surface area contributed by atoms with Crippen LogP contribution in [-0.4, -0.2) is 50.1 Å². The summed E-state index contributed by atoms with van der Waals surface area (Å²) in [5, 5.41) is 6.40. The second-order valence-electron chi connectivity index (χ2n) is 7.11. The van der Waals surface area contributed by atoms with Crippen molar-refractivity contribution in [3.8, 4) is 0 Å². The number of nitrogens with zero attached hydrogens (tertiary/aromatic N) is 1. The number of benzene rings is 2. The molecule has 6 heteroatoms. The minimum absolute atomic E-state index is 0. The Hall–Kier alpha value is -1.53. The van der Waals surface area contributed by atoms with Crippen molar-refractivity contribution < 1.29 is 4.79 Å². The van der Waals surface area contributed by atoms with Crippen molar-refractivity contribution >= 4 is 30.1 Å². The Morgan fingerprint density at radius 2 is 1.93 bits per heavy atom. The molecule has 0 aromatic heterocycles. The Kier molecular flexibility index (Phi) is 9.32. The van der Waals surface area contributed by atoms with Gasteiger partial charge < -0.3 is 10.6 Å². The van der Waals surface area contributed by atoms with Gasteiger partial charge in [0.1, 0.15) is 0 Å². The molecule has 0 unspecified atom stereocenters. The lowest BCUT2D eigenvalue weighted by Gasteiger charge is -2.27. The van der Waals surface area contributed by atoms with E-state index in [-0.39, 0.29) is 18.3 Å². The molecule has 3 rings (SSSR count). The van der Waals surface area contributed by atoms with Gasteiger partial charge in [-0.3, -0.25) is 9.69 Å². The van der Waals surface area contributed by atoms with Gasteiger partial charge in [-0.1, -0.05) is 29.8 Å². The molecule has 0 saturated carbocycles. The molecule has 0 spiro atoms. The highest BCUT2D eigenvalue weighted by atomic mass is 35.5. The van der Waals surface area contributed by atoms with Crippen molar-refractivity contribution in [2.45, 2.75) is 24.5 Å². The number of carbonyl (C=O) groups is 1. The molecule has 0 radical (unpaired) electrons. The van der Waals surface area contributed by atoms with Crippen molar-refractivity contribution in [1.29, 1.82) is 0 Å². The zero-order chi connectivity index (χ0) is 19.1. The van der Waals surface area contributed by atoms with E-state index in [9.17, 15) is 4.79 Å². The van der Waals surface area contributed by atoms with Crippen molar-refractivity contribution in [2.24, 2.45) is 0 Å². The van der Waals surface area contributed by atoms with Gasteiger partial charge in [-0.2, -0.15) is 0 Å². The van der Waals surface area contributed by atoms with Crippen LogP contribution in [0, 0.1) is 13.8 Å². The van der Waals surface area contributed by atoms with Crippen LogP contribution in [0.5, 0.6) is 0 Å². The van der Waals surface area contributed by atoms with Gasteiger partial charge in [-0.05, 0) is 43.2 Å². The van der Waals surface area contributed by atoms with Crippen molar-refractivity contribution in [3.63, 3.8) is 0 Å². The Bertz CT molecular complexity index is 778. The fraction of sp³-hybridized carbons (Fsp3) is 0.409. The summed E-state index contributed by atoms with van der Waals surface area (Å²) in [6.45, 7) is 10.1. The average Bonchev–Trinajstić information content (AvgIpc) is 2.68. The van der Waals surface area contributed by atoms with Gasteiger partial charge in [0.15, 0.2) is 0 Å². The fourth-order valence-corrected chi connectivity index (χ4v) is 4.24. The molecule has 28 heavy (non-hydrogen) atoms. The molecule has 2 N–H and O–H groups in total. The summed E-state index contributed by atoms with van der Waals surface area (Å²) < 4.78 is 0. The summed E-state index contributed by atoms with van der Waals surface area (Å²) in [7, 11) is 0. The third kappa shape index (κ3) is 6.82. The topological polar surface area (TPSA) is 44.4 Å². The lowest BCUT2D eigenvalue weighted by Crippen LogP contribution is -2.46. The lowest BCUT2D eigenvalue weighted by atomic mass is 10.1. The third-order valence-electron chi connectivity index (χ3n) is 4.84. The number of aryl methyl sites for hydroxylation is 2. The molecule has 152 valence electrons. The molecule has 1 fully saturated rings. The van der Waals surface area contributed by atoms with E-state index < -0.39 is 0 Å². The third-order valence-corrected chi connectivity index (χ3v) is 6.08. The maximum Gasteiger partial charge on any atom is 0.251 e. The first-order valence-corrected chi connectivity index (χ1v) is 10.6. The lowest BCUT2D eigenvalue weighted by molar-refractivity contribution is 0.0947. The Labute approximate surface area is 178 Å². The molecular formula is C22H30ClN3OS. The normalized spacial score (nSPS) is 14.4. The molecule has 0 bridgehead atoms. The number of amides is 1. The summed E-state index contributed by atoms with van der Waals surface area (Å²) in [4.78, 5) is 16.1. The van der Waals surface area contributed by atoms with Gasteiger partial charge in [0.2, 0.25) is 0 Å². The number of nitrogens with one attached hydrogen (secondary N) is 2. The minimum atomic E-state index is 0. The van der Waals surface area contributed by atoms with E-state index in [0.29, 0.717) is 6.54 Å². The highest BCUT2D eigenvalue weighted by molar-refractivity contribution is 7.98. The van der Waals surface area contributed by atoms with Crippen LogP contribution in [0.25, 0.3) is 0 Å². The molecule has 1 aliphatic rings. The largest absolute Gasteiger partial charge is 0.351 e. The number of hydrogen-bond acceptors (Lipinski definition) is 4. The molecule has 1 saturated heterocycles. The first kappa shape index (κ1) is 22.8. The molecule has 1 amide bonds. The number of piperazine rings is 1. The van der Waals surface area contributed by atoms with Crippen molar-refractivity contribution in [1.82, 2.24) is 15.5 Å². The van der Waals surface area contributed by atoms with E-state index in [1.54, 1.807) is 0 Å². The Balaban J connectivity index is 0.00000280. The van der Waals surface area contributed by atoms with Gasteiger partial charge in [0.25, 0.3) is 5.91 Å². The van der Waals surface area contributed by atoms with Crippen LogP contribution in [0.15, 0.2) is 47.4 Å². The maximum atomic E-state index is 12.5. The summed E-state index contributed by atoms with van der Waals surface area (Å²) in [5.41, 5.74) is 4.52. The zero-order valence-electron chi connectivity index (χ0n) is 16.7. The zero-order valence-corrected chi connectivity index (χ0v) is 18.3. The van der Waals surface area contributed by atoms with E-state index in [4.69, 9.17) is 0 Å². The average molecular weight is 420 g/mol. The monoisotopic (exact) mass is 419 g/mol. The van der Waals surface area contributed by atoms with Crippen LogP contribution in [0.1, 0.15) is 27.0 Å². The highest BCUT2D eigenvalue weighted by Gasteiger charge is 2.11. The van der Waals surface area contributed by atoms with E-state index in [2.05, 4.69) is 53.6 Å². The van der Waals surface area contributed by atoms with E-state index >= 15 is 0 Å². The van der Waals surface area contributed by atoms with Gasteiger partial charge in [0.05, 0.1) is 0 Å². The van der Waals surface area contributed by atoms with Gasteiger partial charge in [0, 0.05) is 55.5 Å². The smallest absolute Gasteiger partial charge is 0.251 e. The van der Waals surface area contributed by atoms with Crippen LogP contribution < -0.4 is 10.6 Å². The van der Waals surface area contributed by atoms with Gasteiger partial charge >= 0.3 is 0 Å². The van der Waals surface area contributed by atoms with Crippen LogP contribution in [0.4, 0.5) is 0 Å². The maximum absolute atomic E-state index is 12.5. The summed E-state index contributed by atoms with van der Waals surface area (Å²) >= 11 is 1.82. The van der Waals surface area contributed by atoms with Crippen LogP contribution in [0.3, 0.4) is 0 Å². The van der Waals surface area contributed by atoms with Gasteiger partial charge in [-0.15, -0.1) is 24.2 Å². The molecular weight excluding hydrogens is 390 g/mol. The van der Waals surface area contributed by atoms with E-state index in [0.717, 1.165) is 44.0 Å². The van der Waals surface area contributed by atoms with Crippen LogP contribution in [-0.2, 0) is 5.75 Å². The molecule has 0 aliphatic carbocycles. The molecule has 1 heterocycles. The number of halogens is 1. The molecule has 2 aromatic carbocycles. The number of carbonyl (C=O) groups excluding carboxylic acids is 1. The predicted octanol–water partition coefficient (Wildman–Crippen LogP) is 3.65. The second kappa shape index (κ2) is 11.5. The van der Waals surface area contributed by atoms with Crippen LogP contribution >= 0.6 is 24.2 Å². The highest BCUT2D eigenvalue weighted by Crippen LogP contribution is 2.26. The first-order chi connectivity index (χ1) is 13.1. The first-order valence-electron chi connectivity index (χ1n) is 9.62. The standard InChI is InChI=1S/C22H29N3OS.ClH/c1-17-6-7-21(18(2)14-17)27-16-19-4-3-5-20(15-19)22(26)24-10-13-25-11-8-23-9-12-25;/h3-7,14-15,23H,8-13,16H2,1-2H3,(H,24,26);1H. The molecule has 2 aromatic rings. The SMILES string of the molecule is Cc1ccc(SCc2cccc(C(=O)NCCN3CCNCC3)c2)c(C)c1.Cl. The summed E-state index contributed by atoms with van der Waals surface area (Å²) in [5.74, 6) is 0.884. The predicted molar refractivity (Wildman–Crippen MR) is 121 cm³/mol. The Morgan fingerprint density at radius 3 is 2.68 bits per heavy atom. The quantitative estimate of drug-likeness (QED) is 0.672. The fourth-order valence-electron chi connectivity index (χ4n) is 3.29. The van der Waals surface area contributed by atoms with Crippen LogP contribution in [0.2, 0.25) is 0 Å². The minimum Gasteiger partial charge on any atom is -0.351 e.